The minimum absolute atomic E-state index is 0.0594. The number of aryl methyl sites for hydroxylation is 1. The largest absolute Gasteiger partial charge is 0.497 e. The van der Waals surface area contributed by atoms with Gasteiger partial charge in [0, 0.05) is 22.4 Å². The quantitative estimate of drug-likeness (QED) is 0.659. The minimum Gasteiger partial charge on any atom is -0.497 e. The summed E-state index contributed by atoms with van der Waals surface area (Å²) in [5, 5.41) is 5.96. The first-order valence-electron chi connectivity index (χ1n) is 7.79. The van der Waals surface area contributed by atoms with Crippen LogP contribution in [0.3, 0.4) is 0 Å². The summed E-state index contributed by atoms with van der Waals surface area (Å²) in [6.45, 7) is 0. The molecule has 4 nitrogen and oxygen atoms in total. The number of rotatable bonds is 6. The molecule has 0 saturated heterocycles. The van der Waals surface area contributed by atoms with E-state index < -0.39 is 0 Å². The van der Waals surface area contributed by atoms with E-state index in [1.54, 1.807) is 7.11 Å². The van der Waals surface area contributed by atoms with Crippen molar-refractivity contribution in [1.82, 2.24) is 4.98 Å². The van der Waals surface area contributed by atoms with Gasteiger partial charge in [0.2, 0.25) is 5.91 Å². The number of nitrogens with one attached hydrogen (secondary N) is 1. The van der Waals surface area contributed by atoms with Crippen LogP contribution in [0.4, 0.5) is 5.13 Å². The normalized spacial score (nSPS) is 10.5. The summed E-state index contributed by atoms with van der Waals surface area (Å²) in [7, 11) is 1.63. The molecule has 0 saturated carbocycles. The summed E-state index contributed by atoms with van der Waals surface area (Å²) in [4.78, 5) is 16.6. The van der Waals surface area contributed by atoms with Gasteiger partial charge in [-0.3, -0.25) is 4.79 Å². The molecular formula is C19H17ClN2O2S. The third-order valence-corrected chi connectivity index (χ3v) is 4.79. The van der Waals surface area contributed by atoms with Crippen LogP contribution in [-0.4, -0.2) is 18.0 Å². The molecule has 1 heterocycles. The van der Waals surface area contributed by atoms with E-state index in [0.29, 0.717) is 23.0 Å². The third-order valence-electron chi connectivity index (χ3n) is 3.70. The van der Waals surface area contributed by atoms with Gasteiger partial charge in [-0.25, -0.2) is 4.98 Å². The van der Waals surface area contributed by atoms with Gasteiger partial charge in [-0.1, -0.05) is 41.9 Å². The van der Waals surface area contributed by atoms with Crippen LogP contribution in [0.1, 0.15) is 12.0 Å². The summed E-state index contributed by atoms with van der Waals surface area (Å²) >= 11 is 7.57. The van der Waals surface area contributed by atoms with Gasteiger partial charge in [0.1, 0.15) is 5.75 Å². The lowest BCUT2D eigenvalue weighted by Gasteiger charge is -2.04. The molecule has 1 amide bonds. The maximum Gasteiger partial charge on any atom is 0.226 e. The van der Waals surface area contributed by atoms with Crippen molar-refractivity contribution in [1.29, 1.82) is 0 Å². The number of thiazole rings is 1. The van der Waals surface area contributed by atoms with Crippen LogP contribution in [0.5, 0.6) is 5.75 Å². The van der Waals surface area contributed by atoms with Crippen molar-refractivity contribution >= 4 is 34.0 Å². The lowest BCUT2D eigenvalue weighted by atomic mass is 10.1. The molecule has 0 fully saturated rings. The van der Waals surface area contributed by atoms with E-state index in [2.05, 4.69) is 10.3 Å². The molecule has 0 aliphatic carbocycles. The molecule has 1 N–H and O–H groups in total. The Labute approximate surface area is 155 Å². The molecule has 128 valence electrons. The molecule has 0 unspecified atom stereocenters. The molecule has 0 atom stereocenters. The molecule has 2 aromatic carbocycles. The average molecular weight is 373 g/mol. The molecular weight excluding hydrogens is 356 g/mol. The molecule has 3 rings (SSSR count). The Morgan fingerprint density at radius 1 is 1.20 bits per heavy atom. The highest BCUT2D eigenvalue weighted by Crippen LogP contribution is 2.30. The van der Waals surface area contributed by atoms with Gasteiger partial charge in [-0.05, 0) is 30.2 Å². The zero-order chi connectivity index (χ0) is 17.6. The molecule has 3 aromatic rings. The predicted molar refractivity (Wildman–Crippen MR) is 103 cm³/mol. The number of amides is 1. The smallest absolute Gasteiger partial charge is 0.226 e. The standard InChI is InChI=1S/C19H17ClN2O2S/c1-24-14-9-6-13(7-10-14)8-11-18(23)22-19-21-17(12-25-19)15-4-2-3-5-16(15)20/h2-7,9-10,12H,8,11H2,1H3,(H,21,22,23). The second kappa shape index (κ2) is 8.14. The minimum atomic E-state index is -0.0594. The number of carbonyl (C=O) groups excluding carboxylic acids is 1. The van der Waals surface area contributed by atoms with Gasteiger partial charge in [0.05, 0.1) is 12.8 Å². The molecule has 0 aliphatic heterocycles. The summed E-state index contributed by atoms with van der Waals surface area (Å²) in [6, 6.07) is 15.2. The van der Waals surface area contributed by atoms with Crippen LogP contribution in [0.2, 0.25) is 5.02 Å². The number of halogens is 1. The van der Waals surface area contributed by atoms with Crippen molar-refractivity contribution in [2.45, 2.75) is 12.8 Å². The first-order valence-corrected chi connectivity index (χ1v) is 9.04. The molecule has 25 heavy (non-hydrogen) atoms. The summed E-state index contributed by atoms with van der Waals surface area (Å²) in [6.07, 6.45) is 1.06. The Morgan fingerprint density at radius 3 is 2.68 bits per heavy atom. The third kappa shape index (κ3) is 4.59. The van der Waals surface area contributed by atoms with E-state index in [9.17, 15) is 4.79 Å². The van der Waals surface area contributed by atoms with E-state index in [-0.39, 0.29) is 5.91 Å². The Bertz CT molecular complexity index is 862. The maximum absolute atomic E-state index is 12.1. The van der Waals surface area contributed by atoms with E-state index in [0.717, 1.165) is 22.6 Å². The number of benzene rings is 2. The topological polar surface area (TPSA) is 51.2 Å². The predicted octanol–water partition coefficient (Wildman–Crippen LogP) is 5.04. The van der Waals surface area contributed by atoms with Gasteiger partial charge in [-0.15, -0.1) is 11.3 Å². The van der Waals surface area contributed by atoms with E-state index >= 15 is 0 Å². The second-order valence-corrected chi connectivity index (χ2v) is 6.68. The number of hydrogen-bond acceptors (Lipinski definition) is 4. The lowest BCUT2D eigenvalue weighted by Crippen LogP contribution is -2.12. The fraction of sp³-hybridized carbons (Fsp3) is 0.158. The van der Waals surface area contributed by atoms with Gasteiger partial charge < -0.3 is 10.1 Å². The highest BCUT2D eigenvalue weighted by molar-refractivity contribution is 7.14. The van der Waals surface area contributed by atoms with Crippen molar-refractivity contribution < 1.29 is 9.53 Å². The van der Waals surface area contributed by atoms with E-state index in [4.69, 9.17) is 16.3 Å². The number of methoxy groups -OCH3 is 1. The van der Waals surface area contributed by atoms with Crippen molar-refractivity contribution in [3.05, 3.63) is 64.5 Å². The number of aromatic nitrogens is 1. The Morgan fingerprint density at radius 2 is 1.96 bits per heavy atom. The van der Waals surface area contributed by atoms with E-state index in [1.807, 2.05) is 53.9 Å². The SMILES string of the molecule is COc1ccc(CCC(=O)Nc2nc(-c3ccccc3Cl)cs2)cc1. The van der Waals surface area contributed by atoms with Crippen molar-refractivity contribution in [2.75, 3.05) is 12.4 Å². The molecule has 0 radical (unpaired) electrons. The van der Waals surface area contributed by atoms with Crippen molar-refractivity contribution in [3.8, 4) is 17.0 Å². The van der Waals surface area contributed by atoms with Crippen LogP contribution < -0.4 is 10.1 Å². The monoisotopic (exact) mass is 372 g/mol. The zero-order valence-corrected chi connectivity index (χ0v) is 15.2. The molecule has 1 aromatic heterocycles. The Hall–Kier alpha value is -2.37. The molecule has 0 bridgehead atoms. The van der Waals surface area contributed by atoms with E-state index in [1.165, 1.54) is 11.3 Å². The van der Waals surface area contributed by atoms with Crippen LogP contribution in [-0.2, 0) is 11.2 Å². The van der Waals surface area contributed by atoms with Gasteiger partial charge in [0.15, 0.2) is 5.13 Å². The number of nitrogens with zero attached hydrogens (tertiary/aromatic N) is 1. The maximum atomic E-state index is 12.1. The van der Waals surface area contributed by atoms with Crippen LogP contribution in [0, 0.1) is 0 Å². The average Bonchev–Trinajstić information content (AvgIpc) is 3.09. The fourth-order valence-electron chi connectivity index (χ4n) is 2.36. The first-order chi connectivity index (χ1) is 12.2. The molecule has 0 spiro atoms. The first kappa shape index (κ1) is 17.5. The Kier molecular flexibility index (Phi) is 5.68. The van der Waals surface area contributed by atoms with Gasteiger partial charge in [0.25, 0.3) is 0 Å². The van der Waals surface area contributed by atoms with Gasteiger partial charge >= 0.3 is 0 Å². The highest BCUT2D eigenvalue weighted by atomic mass is 35.5. The summed E-state index contributed by atoms with van der Waals surface area (Å²) in [5.74, 6) is 0.749. The number of ether oxygens (including phenoxy) is 1. The van der Waals surface area contributed by atoms with Crippen LogP contribution in [0.25, 0.3) is 11.3 Å². The molecule has 0 aliphatic rings. The highest BCUT2D eigenvalue weighted by Gasteiger charge is 2.10. The second-order valence-electron chi connectivity index (χ2n) is 5.41. The number of hydrogen-bond donors (Lipinski definition) is 1. The fourth-order valence-corrected chi connectivity index (χ4v) is 3.31. The van der Waals surface area contributed by atoms with Crippen LogP contribution >= 0.6 is 22.9 Å². The van der Waals surface area contributed by atoms with Crippen molar-refractivity contribution in [3.63, 3.8) is 0 Å². The number of anilines is 1. The van der Waals surface area contributed by atoms with Crippen LogP contribution in [0.15, 0.2) is 53.9 Å². The van der Waals surface area contributed by atoms with Gasteiger partial charge in [-0.2, -0.15) is 0 Å². The van der Waals surface area contributed by atoms with Crippen molar-refractivity contribution in [2.24, 2.45) is 0 Å². The Balaban J connectivity index is 1.57. The molecule has 6 heteroatoms. The summed E-state index contributed by atoms with van der Waals surface area (Å²) < 4.78 is 5.13. The lowest BCUT2D eigenvalue weighted by molar-refractivity contribution is -0.116. The summed E-state index contributed by atoms with van der Waals surface area (Å²) in [5.41, 5.74) is 2.71. The number of carbonyl (C=O) groups is 1. The zero-order valence-electron chi connectivity index (χ0n) is 13.7.